The number of fused-ring (bicyclic) bond motifs is 5. The maximum Gasteiger partial charge on any atom is 0.166 e. The number of carbonyl (C=O) groups is 1. The highest BCUT2D eigenvalue weighted by molar-refractivity contribution is 5.98. The molecule has 0 bridgehead atoms. The molecule has 8 unspecified atom stereocenters. The van der Waals surface area contributed by atoms with Crippen LogP contribution in [0.1, 0.15) is 82.0 Å². The van der Waals surface area contributed by atoms with E-state index in [2.05, 4.69) is 13.8 Å². The highest BCUT2D eigenvalue weighted by Gasteiger charge is 2.58. The monoisotopic (exact) mass is 382 g/mol. The number of ketones is 1. The summed E-state index contributed by atoms with van der Waals surface area (Å²) in [4.78, 5) is 13.3. The second-order valence-corrected chi connectivity index (χ2v) is 10.9. The second-order valence-electron chi connectivity index (χ2n) is 10.9. The molecule has 1 aromatic rings. The topological polar surface area (TPSA) is 17.1 Å². The lowest BCUT2D eigenvalue weighted by Gasteiger charge is -2.56. The lowest BCUT2D eigenvalue weighted by molar-refractivity contribution is -0.0634. The van der Waals surface area contributed by atoms with E-state index < -0.39 is 0 Å². The van der Waals surface area contributed by atoms with Gasteiger partial charge in [0.1, 0.15) is 5.82 Å². The quantitative estimate of drug-likeness (QED) is 0.508. The first kappa shape index (κ1) is 18.8. The van der Waals surface area contributed by atoms with Crippen molar-refractivity contribution in [3.63, 3.8) is 0 Å². The molecule has 152 valence electrons. The van der Waals surface area contributed by atoms with Crippen molar-refractivity contribution in [2.75, 3.05) is 0 Å². The van der Waals surface area contributed by atoms with Crippen LogP contribution in [-0.2, 0) is 0 Å². The molecule has 1 aromatic carbocycles. The molecule has 0 heterocycles. The van der Waals surface area contributed by atoms with Crippen molar-refractivity contribution in [3.05, 3.63) is 35.6 Å². The second kappa shape index (κ2) is 6.96. The molecule has 8 atom stereocenters. The third-order valence-electron chi connectivity index (χ3n) is 9.66. The maximum absolute atomic E-state index is 13.3. The highest BCUT2D eigenvalue weighted by Crippen LogP contribution is 2.64. The number of halogens is 1. The van der Waals surface area contributed by atoms with Gasteiger partial charge >= 0.3 is 0 Å². The summed E-state index contributed by atoms with van der Waals surface area (Å²) in [7, 11) is 0. The van der Waals surface area contributed by atoms with Crippen molar-refractivity contribution in [3.8, 4) is 0 Å². The minimum Gasteiger partial charge on any atom is -0.294 e. The number of hydrogen-bond donors (Lipinski definition) is 0. The molecule has 0 aliphatic heterocycles. The zero-order valence-corrected chi connectivity index (χ0v) is 17.5. The summed E-state index contributed by atoms with van der Waals surface area (Å²) in [5.74, 6) is 5.50. The minimum atomic E-state index is -0.258. The van der Waals surface area contributed by atoms with Gasteiger partial charge < -0.3 is 0 Å². The van der Waals surface area contributed by atoms with Crippen molar-refractivity contribution in [1.29, 1.82) is 0 Å². The number of hydrogen-bond acceptors (Lipinski definition) is 1. The van der Waals surface area contributed by atoms with Crippen LogP contribution in [0, 0.1) is 52.7 Å². The fourth-order valence-corrected chi connectivity index (χ4v) is 8.33. The van der Waals surface area contributed by atoms with Crippen LogP contribution in [0.4, 0.5) is 4.39 Å². The highest BCUT2D eigenvalue weighted by atomic mass is 19.1. The van der Waals surface area contributed by atoms with E-state index in [1.54, 1.807) is 12.1 Å². The summed E-state index contributed by atoms with van der Waals surface area (Å²) in [5.41, 5.74) is 0.863. The van der Waals surface area contributed by atoms with E-state index >= 15 is 0 Å². The SMILES string of the molecule is CC1CCC2C(CCC3C2CCC2(C)C(C(=O)c4ccc(F)cc4)CCC32)C1. The first-order valence-electron chi connectivity index (χ1n) is 11.8. The van der Waals surface area contributed by atoms with E-state index in [1.807, 2.05) is 0 Å². The molecule has 0 aromatic heterocycles. The molecule has 0 radical (unpaired) electrons. The molecule has 2 heteroatoms. The van der Waals surface area contributed by atoms with Crippen LogP contribution in [0.2, 0.25) is 0 Å². The molecular formula is C26H35FO. The number of rotatable bonds is 2. The Bertz CT molecular complexity index is 739. The smallest absolute Gasteiger partial charge is 0.166 e. The Kier molecular flexibility index (Phi) is 4.68. The molecule has 28 heavy (non-hydrogen) atoms. The fraction of sp³-hybridized carbons (Fsp3) is 0.731. The molecule has 4 saturated carbocycles. The van der Waals surface area contributed by atoms with Gasteiger partial charge in [-0.3, -0.25) is 4.79 Å². The average molecular weight is 383 g/mol. The van der Waals surface area contributed by atoms with Crippen LogP contribution in [-0.4, -0.2) is 5.78 Å². The van der Waals surface area contributed by atoms with Gasteiger partial charge in [0.05, 0.1) is 0 Å². The summed E-state index contributed by atoms with van der Waals surface area (Å²) in [5, 5.41) is 0. The zero-order valence-electron chi connectivity index (χ0n) is 17.5. The first-order valence-corrected chi connectivity index (χ1v) is 11.8. The van der Waals surface area contributed by atoms with Crippen LogP contribution in [0.15, 0.2) is 24.3 Å². The molecule has 1 nitrogen and oxygen atoms in total. The van der Waals surface area contributed by atoms with Gasteiger partial charge in [0.25, 0.3) is 0 Å². The first-order chi connectivity index (χ1) is 13.5. The van der Waals surface area contributed by atoms with Crippen molar-refractivity contribution in [2.45, 2.75) is 71.6 Å². The standard InChI is InChI=1S/C26H35FO/c1-16-3-9-20-18(15-16)6-10-22-21(20)13-14-26(2)23(22)11-12-24(26)25(28)17-4-7-19(27)8-5-17/h4-5,7-8,16,18,20-24H,3,6,9-15H2,1-2H3. The van der Waals surface area contributed by atoms with Gasteiger partial charge in [-0.05, 0) is 117 Å². The van der Waals surface area contributed by atoms with E-state index in [0.717, 1.165) is 41.9 Å². The summed E-state index contributed by atoms with van der Waals surface area (Å²) in [6.07, 6.45) is 12.0. The Labute approximate surface area is 169 Å². The molecular weight excluding hydrogens is 347 g/mol. The van der Waals surface area contributed by atoms with Gasteiger partial charge in [0.2, 0.25) is 0 Å². The van der Waals surface area contributed by atoms with Crippen molar-refractivity contribution in [1.82, 2.24) is 0 Å². The summed E-state index contributed by atoms with van der Waals surface area (Å²) < 4.78 is 13.3. The number of benzene rings is 1. The van der Waals surface area contributed by atoms with Gasteiger partial charge in [-0.25, -0.2) is 4.39 Å². The van der Waals surface area contributed by atoms with Crippen molar-refractivity contribution < 1.29 is 9.18 Å². The molecule has 0 N–H and O–H groups in total. The van der Waals surface area contributed by atoms with Gasteiger partial charge in [0, 0.05) is 11.5 Å². The van der Waals surface area contributed by atoms with E-state index in [0.29, 0.717) is 5.56 Å². The Balaban J connectivity index is 1.37. The normalized spacial score (nSPS) is 45.0. The van der Waals surface area contributed by atoms with Crippen molar-refractivity contribution in [2.24, 2.45) is 46.8 Å². The molecule has 4 fully saturated rings. The average Bonchev–Trinajstić information content (AvgIpc) is 3.04. The van der Waals surface area contributed by atoms with Gasteiger partial charge in [0.15, 0.2) is 5.78 Å². The minimum absolute atomic E-state index is 0.132. The zero-order chi connectivity index (χ0) is 19.5. The number of Topliss-reactive ketones (excluding diaryl/α,β-unsaturated/α-hetero) is 1. The predicted octanol–water partition coefficient (Wildman–Crippen LogP) is 6.91. The van der Waals surface area contributed by atoms with Gasteiger partial charge in [-0.15, -0.1) is 0 Å². The predicted molar refractivity (Wildman–Crippen MR) is 110 cm³/mol. The van der Waals surface area contributed by atoms with Crippen molar-refractivity contribution >= 4 is 5.78 Å². The van der Waals surface area contributed by atoms with Crippen LogP contribution in [0.3, 0.4) is 0 Å². The maximum atomic E-state index is 13.3. The third-order valence-corrected chi connectivity index (χ3v) is 9.66. The fourth-order valence-electron chi connectivity index (χ4n) is 8.33. The van der Waals surface area contributed by atoms with Gasteiger partial charge in [-0.1, -0.05) is 20.3 Å². The lowest BCUT2D eigenvalue weighted by atomic mass is 9.49. The van der Waals surface area contributed by atoms with Crippen LogP contribution < -0.4 is 0 Å². The van der Waals surface area contributed by atoms with E-state index in [1.165, 1.54) is 63.5 Å². The molecule has 4 aliphatic rings. The Hall–Kier alpha value is -1.18. The van der Waals surface area contributed by atoms with Crippen LogP contribution in [0.5, 0.6) is 0 Å². The summed E-state index contributed by atoms with van der Waals surface area (Å²) in [6, 6.07) is 6.25. The Morgan fingerprint density at radius 3 is 2.46 bits per heavy atom. The van der Waals surface area contributed by atoms with Crippen LogP contribution in [0.25, 0.3) is 0 Å². The molecule has 5 rings (SSSR count). The van der Waals surface area contributed by atoms with E-state index in [4.69, 9.17) is 0 Å². The Morgan fingerprint density at radius 1 is 0.929 bits per heavy atom. The van der Waals surface area contributed by atoms with E-state index in [-0.39, 0.29) is 22.9 Å². The molecule has 4 aliphatic carbocycles. The van der Waals surface area contributed by atoms with E-state index in [9.17, 15) is 9.18 Å². The van der Waals surface area contributed by atoms with Crippen LogP contribution >= 0.6 is 0 Å². The van der Waals surface area contributed by atoms with Gasteiger partial charge in [-0.2, -0.15) is 0 Å². The number of carbonyl (C=O) groups excluding carboxylic acids is 1. The summed E-state index contributed by atoms with van der Waals surface area (Å²) in [6.45, 7) is 4.87. The lowest BCUT2D eigenvalue weighted by Crippen LogP contribution is -2.49. The largest absolute Gasteiger partial charge is 0.294 e. The Morgan fingerprint density at radius 2 is 1.68 bits per heavy atom. The molecule has 0 spiro atoms. The molecule has 0 amide bonds. The molecule has 0 saturated heterocycles. The summed E-state index contributed by atoms with van der Waals surface area (Å²) >= 11 is 0. The third kappa shape index (κ3) is 2.89.